The smallest absolute Gasteiger partial charge is 0.0691 e. The number of likely N-dealkylation sites (tertiary alicyclic amines) is 1. The molecule has 0 radical (unpaired) electrons. The summed E-state index contributed by atoms with van der Waals surface area (Å²) in [7, 11) is 0. The van der Waals surface area contributed by atoms with Crippen LogP contribution >= 0.6 is 0 Å². The lowest BCUT2D eigenvalue weighted by molar-refractivity contribution is -0.169. The summed E-state index contributed by atoms with van der Waals surface area (Å²) in [6.07, 6.45) is 5.57. The molecule has 0 aromatic rings. The summed E-state index contributed by atoms with van der Waals surface area (Å²) in [5.74, 6) is 0.573. The van der Waals surface area contributed by atoms with E-state index < -0.39 is 0 Å². The van der Waals surface area contributed by atoms with E-state index >= 15 is 0 Å². The largest absolute Gasteiger partial charge is 0.377 e. The van der Waals surface area contributed by atoms with Crippen LogP contribution in [0.4, 0.5) is 0 Å². The van der Waals surface area contributed by atoms with Crippen LogP contribution in [0.2, 0.25) is 0 Å². The molecule has 19 heavy (non-hydrogen) atoms. The second kappa shape index (κ2) is 4.44. The molecule has 0 aromatic heterocycles. The Labute approximate surface area is 117 Å². The molecule has 0 bridgehead atoms. The second-order valence-electron chi connectivity index (χ2n) is 7.75. The van der Waals surface area contributed by atoms with Crippen molar-refractivity contribution in [3.63, 3.8) is 0 Å². The number of nitrogens with zero attached hydrogens (tertiary/aromatic N) is 1. The van der Waals surface area contributed by atoms with E-state index in [9.17, 15) is 0 Å². The first-order valence-corrected chi connectivity index (χ1v) is 8.04. The third-order valence-electron chi connectivity index (χ3n) is 6.48. The first-order valence-electron chi connectivity index (χ1n) is 8.04. The van der Waals surface area contributed by atoms with E-state index in [1.165, 1.54) is 19.3 Å². The molecule has 0 spiro atoms. The zero-order valence-electron chi connectivity index (χ0n) is 13.0. The van der Waals surface area contributed by atoms with Gasteiger partial charge in [-0.25, -0.2) is 0 Å². The highest BCUT2D eigenvalue weighted by molar-refractivity contribution is 5.22. The average Bonchev–Trinajstić information content (AvgIpc) is 2.82. The van der Waals surface area contributed by atoms with Crippen molar-refractivity contribution >= 4 is 0 Å². The molecule has 1 saturated carbocycles. The van der Waals surface area contributed by atoms with Crippen molar-refractivity contribution in [3.8, 4) is 0 Å². The van der Waals surface area contributed by atoms with Crippen LogP contribution < -0.4 is 5.73 Å². The minimum absolute atomic E-state index is 0.0615. The Balaban J connectivity index is 1.78. The summed E-state index contributed by atoms with van der Waals surface area (Å²) in [4.78, 5) is 2.67. The molecule has 2 aliphatic heterocycles. The van der Waals surface area contributed by atoms with Crippen LogP contribution in [0.15, 0.2) is 0 Å². The monoisotopic (exact) mass is 266 g/mol. The van der Waals surface area contributed by atoms with Crippen LogP contribution in [0.3, 0.4) is 0 Å². The van der Waals surface area contributed by atoms with Crippen molar-refractivity contribution < 1.29 is 4.74 Å². The van der Waals surface area contributed by atoms with Crippen LogP contribution in [0.25, 0.3) is 0 Å². The first kappa shape index (κ1) is 13.8. The maximum atomic E-state index is 6.90. The van der Waals surface area contributed by atoms with Gasteiger partial charge in [-0.2, -0.15) is 0 Å². The first-order chi connectivity index (χ1) is 8.88. The molecule has 3 nitrogen and oxygen atoms in total. The van der Waals surface area contributed by atoms with Crippen molar-refractivity contribution in [3.05, 3.63) is 0 Å². The van der Waals surface area contributed by atoms with Gasteiger partial charge in [0, 0.05) is 42.1 Å². The Kier molecular flexibility index (Phi) is 3.23. The van der Waals surface area contributed by atoms with Gasteiger partial charge in [0.15, 0.2) is 0 Å². The second-order valence-corrected chi connectivity index (χ2v) is 7.75. The summed E-state index contributed by atoms with van der Waals surface area (Å²) in [6, 6.07) is 1.36. The molecule has 3 heteroatoms. The van der Waals surface area contributed by atoms with Crippen molar-refractivity contribution in [2.24, 2.45) is 17.1 Å². The molecule has 2 N–H and O–H groups in total. The van der Waals surface area contributed by atoms with Gasteiger partial charge in [-0.3, -0.25) is 4.90 Å². The Morgan fingerprint density at radius 2 is 1.79 bits per heavy atom. The van der Waals surface area contributed by atoms with E-state index in [0.717, 1.165) is 19.6 Å². The number of hydrogen-bond acceptors (Lipinski definition) is 3. The van der Waals surface area contributed by atoms with Crippen LogP contribution in [0.1, 0.15) is 53.4 Å². The van der Waals surface area contributed by atoms with Gasteiger partial charge in [0.25, 0.3) is 0 Å². The molecule has 3 aliphatic rings. The quantitative estimate of drug-likeness (QED) is 0.834. The van der Waals surface area contributed by atoms with Gasteiger partial charge in [0.05, 0.1) is 6.10 Å². The zero-order chi connectivity index (χ0) is 13.8. The highest BCUT2D eigenvalue weighted by Gasteiger charge is 2.68. The number of hydrogen-bond donors (Lipinski definition) is 1. The highest BCUT2D eigenvalue weighted by Crippen LogP contribution is 2.58. The fourth-order valence-corrected chi connectivity index (χ4v) is 4.88. The molecule has 3 rings (SSSR count). The summed E-state index contributed by atoms with van der Waals surface area (Å²) in [6.45, 7) is 11.3. The molecule has 3 fully saturated rings. The van der Waals surface area contributed by atoms with Gasteiger partial charge in [0.1, 0.15) is 0 Å². The lowest BCUT2D eigenvalue weighted by Gasteiger charge is -2.64. The van der Waals surface area contributed by atoms with Crippen molar-refractivity contribution in [2.75, 3.05) is 13.2 Å². The molecule has 3 unspecified atom stereocenters. The highest BCUT2D eigenvalue weighted by atomic mass is 16.5. The van der Waals surface area contributed by atoms with Gasteiger partial charge >= 0.3 is 0 Å². The lowest BCUT2D eigenvalue weighted by Crippen LogP contribution is -2.78. The van der Waals surface area contributed by atoms with Gasteiger partial charge < -0.3 is 10.5 Å². The van der Waals surface area contributed by atoms with E-state index in [1.54, 1.807) is 0 Å². The fraction of sp³-hybridized carbons (Fsp3) is 1.00. The van der Waals surface area contributed by atoms with E-state index in [1.807, 2.05) is 0 Å². The Morgan fingerprint density at radius 3 is 2.42 bits per heavy atom. The van der Waals surface area contributed by atoms with E-state index in [-0.39, 0.29) is 11.0 Å². The van der Waals surface area contributed by atoms with Crippen molar-refractivity contribution in [2.45, 2.75) is 77.1 Å². The third-order valence-corrected chi connectivity index (χ3v) is 6.48. The van der Waals surface area contributed by atoms with E-state index in [0.29, 0.717) is 24.1 Å². The van der Waals surface area contributed by atoms with Crippen LogP contribution in [-0.4, -0.2) is 41.8 Å². The normalized spacial score (nSPS) is 49.7. The topological polar surface area (TPSA) is 38.5 Å². The maximum Gasteiger partial charge on any atom is 0.0691 e. The Hall–Kier alpha value is -0.120. The molecule has 2 heterocycles. The van der Waals surface area contributed by atoms with Crippen LogP contribution in [0.5, 0.6) is 0 Å². The summed E-state index contributed by atoms with van der Waals surface area (Å²) in [5, 5.41) is 0. The molecular formula is C16H30N2O. The van der Waals surface area contributed by atoms with E-state index in [2.05, 4.69) is 32.6 Å². The van der Waals surface area contributed by atoms with Crippen molar-refractivity contribution in [1.29, 1.82) is 0 Å². The number of rotatable bonds is 2. The zero-order valence-corrected chi connectivity index (χ0v) is 13.0. The SMILES string of the molecule is C[C@@H]1CCC[C@H](C)N1CC1(N)C2CCOC2C1(C)C. The van der Waals surface area contributed by atoms with Gasteiger partial charge in [-0.1, -0.05) is 20.3 Å². The predicted octanol–water partition coefficient (Wildman–Crippen LogP) is 2.39. The van der Waals surface area contributed by atoms with Crippen molar-refractivity contribution in [1.82, 2.24) is 4.90 Å². The minimum Gasteiger partial charge on any atom is -0.377 e. The standard InChI is InChI=1S/C16H30N2O/c1-11-6-5-7-12(2)18(11)10-16(17)13-8-9-19-14(13)15(16,3)4/h11-14H,5-10,17H2,1-4H3/t11-,12+,13?,14?,16?. The Morgan fingerprint density at radius 1 is 1.16 bits per heavy atom. The summed E-state index contributed by atoms with van der Waals surface area (Å²) in [5.41, 5.74) is 6.95. The van der Waals surface area contributed by atoms with Crippen LogP contribution in [0, 0.1) is 11.3 Å². The number of piperidine rings is 1. The fourth-order valence-electron chi connectivity index (χ4n) is 4.88. The third kappa shape index (κ3) is 1.81. The number of ether oxygens (including phenoxy) is 1. The molecule has 110 valence electrons. The van der Waals surface area contributed by atoms with Crippen LogP contribution in [-0.2, 0) is 4.74 Å². The molecule has 1 aliphatic carbocycles. The Bertz CT molecular complexity index is 347. The summed E-state index contributed by atoms with van der Waals surface area (Å²) >= 11 is 0. The van der Waals surface area contributed by atoms with Gasteiger partial charge in [-0.15, -0.1) is 0 Å². The lowest BCUT2D eigenvalue weighted by atomic mass is 9.48. The molecule has 5 atom stereocenters. The molecule has 2 saturated heterocycles. The number of nitrogens with two attached hydrogens (primary N) is 1. The predicted molar refractivity (Wildman–Crippen MR) is 78.0 cm³/mol. The van der Waals surface area contributed by atoms with Gasteiger partial charge in [-0.05, 0) is 33.1 Å². The number of fused-ring (bicyclic) bond motifs is 1. The van der Waals surface area contributed by atoms with Gasteiger partial charge in [0.2, 0.25) is 0 Å². The minimum atomic E-state index is -0.0615. The maximum absolute atomic E-state index is 6.90. The molecule has 0 aromatic carbocycles. The summed E-state index contributed by atoms with van der Waals surface area (Å²) < 4.78 is 5.91. The molecule has 0 amide bonds. The average molecular weight is 266 g/mol. The molecular weight excluding hydrogens is 236 g/mol. The van der Waals surface area contributed by atoms with E-state index in [4.69, 9.17) is 10.5 Å².